The van der Waals surface area contributed by atoms with Gasteiger partial charge in [0, 0.05) is 16.8 Å². The number of aliphatic carboxylic acids is 1. The van der Waals surface area contributed by atoms with Crippen LogP contribution in [0.2, 0.25) is 0 Å². The van der Waals surface area contributed by atoms with Crippen molar-refractivity contribution in [3.8, 4) is 5.75 Å². The number of hydrogen-bond donors (Lipinski definition) is 2. The Morgan fingerprint density at radius 2 is 1.55 bits per heavy atom. The van der Waals surface area contributed by atoms with Crippen molar-refractivity contribution in [3.05, 3.63) is 101 Å². The van der Waals surface area contributed by atoms with Crippen LogP contribution in [0.5, 0.6) is 5.75 Å². The Morgan fingerprint density at radius 3 is 2.18 bits per heavy atom. The molecule has 1 atom stereocenters. The van der Waals surface area contributed by atoms with Gasteiger partial charge in [0.2, 0.25) is 0 Å². The number of hydrogen-bond acceptors (Lipinski definition) is 5. The second kappa shape index (κ2) is 8.96. The van der Waals surface area contributed by atoms with Gasteiger partial charge in [0.05, 0.1) is 11.6 Å². The van der Waals surface area contributed by atoms with Crippen LogP contribution in [0, 0.1) is 5.82 Å². The van der Waals surface area contributed by atoms with Crippen LogP contribution in [0.1, 0.15) is 17.2 Å². The molecule has 1 aliphatic rings. The minimum atomic E-state index is -1.21. The summed E-state index contributed by atoms with van der Waals surface area (Å²) in [4.78, 5) is 37.9. The molecule has 3 aromatic rings. The molecule has 1 fully saturated rings. The van der Waals surface area contributed by atoms with Crippen molar-refractivity contribution in [3.63, 3.8) is 0 Å². The first-order valence-electron chi connectivity index (χ1n) is 9.94. The van der Waals surface area contributed by atoms with Gasteiger partial charge in [-0.1, -0.05) is 48.5 Å². The Morgan fingerprint density at radius 1 is 0.909 bits per heavy atom. The van der Waals surface area contributed by atoms with E-state index in [2.05, 4.69) is 0 Å². The van der Waals surface area contributed by atoms with Gasteiger partial charge in [-0.25, -0.2) is 9.18 Å². The summed E-state index contributed by atoms with van der Waals surface area (Å²) in [6, 6.07) is 18.5. The first-order valence-corrected chi connectivity index (χ1v) is 9.94. The molecule has 1 aliphatic heterocycles. The average molecular weight is 447 g/mol. The molecule has 0 aromatic heterocycles. The zero-order valence-corrected chi connectivity index (χ0v) is 17.1. The van der Waals surface area contributed by atoms with Gasteiger partial charge < -0.3 is 14.9 Å². The maximum absolute atomic E-state index is 14.8. The van der Waals surface area contributed by atoms with Crippen molar-refractivity contribution < 1.29 is 33.7 Å². The standard InChI is InChI=1S/C25H18FNO6/c26-19-9-5-4-8-18(19)22-21(23(30)15-6-2-1-3-7-15)24(31)25(32)27(22)16-10-12-17(13-11-16)33-14-20(28)29/h1-13,22,30H,14H2,(H,28,29)/b23-21-. The Hall–Kier alpha value is -4.46. The van der Waals surface area contributed by atoms with E-state index >= 15 is 0 Å². The molecule has 2 N–H and O–H groups in total. The number of anilines is 1. The predicted molar refractivity (Wildman–Crippen MR) is 117 cm³/mol. The normalized spacial score (nSPS) is 17.2. The van der Waals surface area contributed by atoms with Crippen LogP contribution in [-0.4, -0.2) is 34.5 Å². The summed E-state index contributed by atoms with van der Waals surface area (Å²) in [7, 11) is 0. The van der Waals surface area contributed by atoms with Crippen LogP contribution in [0.3, 0.4) is 0 Å². The molecule has 33 heavy (non-hydrogen) atoms. The number of benzene rings is 3. The van der Waals surface area contributed by atoms with Gasteiger partial charge >= 0.3 is 5.97 Å². The van der Waals surface area contributed by atoms with Crippen LogP contribution in [0.15, 0.2) is 84.4 Å². The van der Waals surface area contributed by atoms with Gasteiger partial charge in [-0.2, -0.15) is 0 Å². The second-order valence-electron chi connectivity index (χ2n) is 7.23. The van der Waals surface area contributed by atoms with Crippen LogP contribution in [0.25, 0.3) is 5.76 Å². The molecule has 4 rings (SSSR count). The zero-order chi connectivity index (χ0) is 23.5. The van der Waals surface area contributed by atoms with Crippen molar-refractivity contribution >= 4 is 29.1 Å². The van der Waals surface area contributed by atoms with E-state index in [-0.39, 0.29) is 22.6 Å². The lowest BCUT2D eigenvalue weighted by atomic mass is 9.94. The summed E-state index contributed by atoms with van der Waals surface area (Å²) < 4.78 is 19.9. The van der Waals surface area contributed by atoms with Gasteiger partial charge in [0.15, 0.2) is 6.61 Å². The van der Waals surface area contributed by atoms with Crippen molar-refractivity contribution in [2.75, 3.05) is 11.5 Å². The topological polar surface area (TPSA) is 104 Å². The van der Waals surface area contributed by atoms with Crippen molar-refractivity contribution in [1.82, 2.24) is 0 Å². The van der Waals surface area contributed by atoms with E-state index in [4.69, 9.17) is 9.84 Å². The van der Waals surface area contributed by atoms with Crippen molar-refractivity contribution in [2.45, 2.75) is 6.04 Å². The maximum atomic E-state index is 14.8. The largest absolute Gasteiger partial charge is 0.507 e. The summed E-state index contributed by atoms with van der Waals surface area (Å²) in [5.74, 6) is -3.84. The molecule has 8 heteroatoms. The Kier molecular flexibility index (Phi) is 5.91. The average Bonchev–Trinajstić information content (AvgIpc) is 3.08. The molecule has 3 aromatic carbocycles. The SMILES string of the molecule is O=C(O)COc1ccc(N2C(=O)C(=O)/C(=C(\O)c3ccccc3)C2c2ccccc2F)cc1. The van der Waals surface area contributed by atoms with Gasteiger partial charge in [-0.15, -0.1) is 0 Å². The van der Waals surface area contributed by atoms with E-state index < -0.39 is 41.9 Å². The molecule has 0 aliphatic carbocycles. The zero-order valence-electron chi connectivity index (χ0n) is 17.1. The fourth-order valence-electron chi connectivity index (χ4n) is 3.69. The third-order valence-electron chi connectivity index (χ3n) is 5.17. The number of carboxylic acid groups (broad SMARTS) is 1. The summed E-state index contributed by atoms with van der Waals surface area (Å²) in [5, 5.41) is 19.7. The summed E-state index contributed by atoms with van der Waals surface area (Å²) in [5.41, 5.74) is 0.372. The minimum absolute atomic E-state index is 0.0420. The summed E-state index contributed by atoms with van der Waals surface area (Å²) in [6.07, 6.45) is 0. The van der Waals surface area contributed by atoms with E-state index in [0.717, 1.165) is 4.90 Å². The molecule has 0 saturated carbocycles. The van der Waals surface area contributed by atoms with E-state index in [1.54, 1.807) is 36.4 Å². The predicted octanol–water partition coefficient (Wildman–Crippen LogP) is 3.92. The first-order chi connectivity index (χ1) is 15.9. The number of aliphatic hydroxyl groups excluding tert-OH is 1. The van der Waals surface area contributed by atoms with Crippen LogP contribution in [0.4, 0.5) is 10.1 Å². The number of amides is 1. The highest BCUT2D eigenvalue weighted by molar-refractivity contribution is 6.51. The number of carboxylic acids is 1. The second-order valence-corrected chi connectivity index (χ2v) is 7.23. The molecule has 1 amide bonds. The van der Waals surface area contributed by atoms with Gasteiger partial charge in [0.25, 0.3) is 11.7 Å². The van der Waals surface area contributed by atoms with E-state index in [9.17, 15) is 23.9 Å². The molecule has 0 spiro atoms. The molecular formula is C25H18FNO6. The fourth-order valence-corrected chi connectivity index (χ4v) is 3.69. The Labute approximate surface area is 188 Å². The number of carbonyl (C=O) groups excluding carboxylic acids is 2. The third-order valence-corrected chi connectivity index (χ3v) is 5.17. The first kappa shape index (κ1) is 21.8. The molecule has 166 valence electrons. The smallest absolute Gasteiger partial charge is 0.341 e. The molecule has 1 unspecified atom stereocenters. The monoisotopic (exact) mass is 447 g/mol. The highest BCUT2D eigenvalue weighted by atomic mass is 19.1. The Balaban J connectivity index is 1.84. The highest BCUT2D eigenvalue weighted by Crippen LogP contribution is 2.43. The lowest BCUT2D eigenvalue weighted by Crippen LogP contribution is -2.29. The van der Waals surface area contributed by atoms with Gasteiger partial charge in [-0.05, 0) is 30.3 Å². The van der Waals surface area contributed by atoms with E-state index in [0.29, 0.717) is 5.56 Å². The molecule has 7 nitrogen and oxygen atoms in total. The van der Waals surface area contributed by atoms with Crippen LogP contribution < -0.4 is 9.64 Å². The molecule has 0 radical (unpaired) electrons. The lowest BCUT2D eigenvalue weighted by molar-refractivity contribution is -0.139. The number of aliphatic hydroxyl groups is 1. The number of nitrogens with zero attached hydrogens (tertiary/aromatic N) is 1. The maximum Gasteiger partial charge on any atom is 0.341 e. The van der Waals surface area contributed by atoms with E-state index in [1.807, 2.05) is 0 Å². The molecular weight excluding hydrogens is 429 g/mol. The number of carbonyl (C=O) groups is 3. The quantitative estimate of drug-likeness (QED) is 0.337. The van der Waals surface area contributed by atoms with Gasteiger partial charge in [-0.3, -0.25) is 14.5 Å². The number of Topliss-reactive ketones (excluding diaryl/α,β-unsaturated/α-hetero) is 1. The third kappa shape index (κ3) is 4.18. The van der Waals surface area contributed by atoms with Crippen molar-refractivity contribution in [1.29, 1.82) is 0 Å². The number of halogens is 1. The fraction of sp³-hybridized carbons (Fsp3) is 0.0800. The molecule has 1 saturated heterocycles. The summed E-state index contributed by atoms with van der Waals surface area (Å²) in [6.45, 7) is -0.545. The molecule has 0 bridgehead atoms. The molecule has 1 heterocycles. The lowest BCUT2D eigenvalue weighted by Gasteiger charge is -2.26. The van der Waals surface area contributed by atoms with Crippen molar-refractivity contribution in [2.24, 2.45) is 0 Å². The van der Waals surface area contributed by atoms with E-state index in [1.165, 1.54) is 42.5 Å². The number of ether oxygens (including phenoxy) is 1. The van der Waals surface area contributed by atoms with Gasteiger partial charge in [0.1, 0.15) is 17.3 Å². The highest BCUT2D eigenvalue weighted by Gasteiger charge is 2.47. The summed E-state index contributed by atoms with van der Waals surface area (Å²) >= 11 is 0. The van der Waals surface area contributed by atoms with Crippen LogP contribution in [-0.2, 0) is 14.4 Å². The minimum Gasteiger partial charge on any atom is -0.507 e. The number of rotatable bonds is 6. The number of ketones is 1. The van der Waals surface area contributed by atoms with Crippen LogP contribution >= 0.6 is 0 Å². The Bertz CT molecular complexity index is 1250.